The number of rotatable bonds is 15. The van der Waals surface area contributed by atoms with Crippen molar-refractivity contribution in [1.29, 1.82) is 0 Å². The van der Waals surface area contributed by atoms with Crippen molar-refractivity contribution < 1.29 is 9.53 Å². The van der Waals surface area contributed by atoms with Crippen LogP contribution in [0.1, 0.15) is 70.6 Å². The molecule has 0 aromatic heterocycles. The van der Waals surface area contributed by atoms with Crippen molar-refractivity contribution in [1.82, 2.24) is 0 Å². The molecule has 0 heterocycles. The van der Waals surface area contributed by atoms with Crippen molar-refractivity contribution in [2.24, 2.45) is 0 Å². The minimum absolute atomic E-state index is 0.105. The van der Waals surface area contributed by atoms with Crippen LogP contribution in [0.3, 0.4) is 0 Å². The second-order valence-corrected chi connectivity index (χ2v) is 6.64. The first-order valence-corrected chi connectivity index (χ1v) is 9.69. The number of methoxy groups -OCH3 is 1. The van der Waals surface area contributed by atoms with E-state index in [4.69, 9.17) is 6.42 Å². The van der Waals surface area contributed by atoms with E-state index in [2.05, 4.69) is 22.8 Å². The van der Waals surface area contributed by atoms with Crippen molar-refractivity contribution >= 4 is 17.7 Å². The summed E-state index contributed by atoms with van der Waals surface area (Å²) in [6.45, 7) is 0. The largest absolute Gasteiger partial charge is 0.469 e. The molecule has 0 aliphatic rings. The van der Waals surface area contributed by atoms with Gasteiger partial charge in [0.05, 0.1) is 13.5 Å². The number of ether oxygens (including phenoxy) is 1. The average Bonchev–Trinajstić information content (AvgIpc) is 2.54. The molecule has 0 atom stereocenters. The lowest BCUT2D eigenvalue weighted by Crippen LogP contribution is -2.01. The van der Waals surface area contributed by atoms with Crippen LogP contribution in [0, 0.1) is 12.3 Å². The highest BCUT2D eigenvalue weighted by atomic mass is 32.2. The summed E-state index contributed by atoms with van der Waals surface area (Å²) in [5.74, 6) is 4.60. The van der Waals surface area contributed by atoms with E-state index >= 15 is 0 Å². The van der Waals surface area contributed by atoms with Gasteiger partial charge in [-0.05, 0) is 44.3 Å². The molecule has 0 aliphatic carbocycles. The number of carbonyl (C=O) groups is 1. The standard InChI is InChI=1S/C19H32O2S/c1-3-4-5-6-7-8-9-10-11-12-13-14-15-17-22-18-16-19(20)21-2/h1,11-12H,4-10,13-18H2,2H3. The molecule has 0 N–H and O–H groups in total. The quantitative estimate of drug-likeness (QED) is 0.175. The first kappa shape index (κ1) is 21.1. The topological polar surface area (TPSA) is 26.3 Å². The molecule has 0 aliphatic heterocycles. The monoisotopic (exact) mass is 324 g/mol. The van der Waals surface area contributed by atoms with Crippen LogP contribution in [-0.2, 0) is 9.53 Å². The van der Waals surface area contributed by atoms with Gasteiger partial charge in [-0.3, -0.25) is 4.79 Å². The fourth-order valence-electron chi connectivity index (χ4n) is 2.08. The van der Waals surface area contributed by atoms with Gasteiger partial charge in [0, 0.05) is 12.2 Å². The third-order valence-corrected chi connectivity index (χ3v) is 4.52. The summed E-state index contributed by atoms with van der Waals surface area (Å²) in [4.78, 5) is 10.9. The highest BCUT2D eigenvalue weighted by Gasteiger charge is 1.98. The summed E-state index contributed by atoms with van der Waals surface area (Å²) in [6, 6.07) is 0. The smallest absolute Gasteiger partial charge is 0.306 e. The van der Waals surface area contributed by atoms with E-state index in [0.29, 0.717) is 6.42 Å². The summed E-state index contributed by atoms with van der Waals surface area (Å²) in [7, 11) is 1.44. The van der Waals surface area contributed by atoms with Crippen molar-refractivity contribution in [2.45, 2.75) is 70.6 Å². The first-order valence-electron chi connectivity index (χ1n) is 8.54. The van der Waals surface area contributed by atoms with E-state index in [0.717, 1.165) is 17.9 Å². The molecule has 0 aromatic rings. The van der Waals surface area contributed by atoms with Gasteiger partial charge in [0.25, 0.3) is 0 Å². The number of allylic oxidation sites excluding steroid dienone is 2. The molecule has 0 aromatic carbocycles. The molecule has 0 rings (SSSR count). The maximum atomic E-state index is 10.9. The van der Waals surface area contributed by atoms with E-state index in [1.165, 1.54) is 64.9 Å². The Balaban J connectivity index is 3.12. The van der Waals surface area contributed by atoms with E-state index in [1.54, 1.807) is 0 Å². The molecule has 0 unspecified atom stereocenters. The molecule has 126 valence electrons. The Kier molecular flexibility index (Phi) is 17.4. The van der Waals surface area contributed by atoms with Gasteiger partial charge in [0.2, 0.25) is 0 Å². The average molecular weight is 325 g/mol. The van der Waals surface area contributed by atoms with Crippen LogP contribution in [0.4, 0.5) is 0 Å². The lowest BCUT2D eigenvalue weighted by Gasteiger charge is -2.00. The fourth-order valence-corrected chi connectivity index (χ4v) is 3.00. The molecule has 0 fully saturated rings. The van der Waals surface area contributed by atoms with Crippen LogP contribution >= 0.6 is 11.8 Å². The second kappa shape index (κ2) is 18.2. The van der Waals surface area contributed by atoms with Crippen molar-refractivity contribution in [2.75, 3.05) is 18.6 Å². The van der Waals surface area contributed by atoms with Crippen LogP contribution in [0.5, 0.6) is 0 Å². The van der Waals surface area contributed by atoms with E-state index < -0.39 is 0 Å². The molecule has 22 heavy (non-hydrogen) atoms. The third kappa shape index (κ3) is 17.2. The van der Waals surface area contributed by atoms with E-state index in [-0.39, 0.29) is 5.97 Å². The number of thioether (sulfide) groups is 1. The number of hydrogen-bond acceptors (Lipinski definition) is 3. The minimum Gasteiger partial charge on any atom is -0.469 e. The van der Waals surface area contributed by atoms with Crippen LogP contribution in [-0.4, -0.2) is 24.6 Å². The lowest BCUT2D eigenvalue weighted by molar-refractivity contribution is -0.140. The van der Waals surface area contributed by atoms with Crippen LogP contribution in [0.15, 0.2) is 12.2 Å². The number of terminal acetylenes is 1. The van der Waals surface area contributed by atoms with Crippen LogP contribution in [0.2, 0.25) is 0 Å². The number of unbranched alkanes of at least 4 members (excludes halogenated alkanes) is 8. The molecule has 0 amide bonds. The zero-order chi connectivity index (χ0) is 16.3. The molecular formula is C19H32O2S. The van der Waals surface area contributed by atoms with Gasteiger partial charge in [-0.15, -0.1) is 12.3 Å². The zero-order valence-corrected chi connectivity index (χ0v) is 15.0. The minimum atomic E-state index is -0.105. The molecular weight excluding hydrogens is 292 g/mol. The third-order valence-electron chi connectivity index (χ3n) is 3.45. The summed E-state index contributed by atoms with van der Waals surface area (Å²) in [6.07, 6.45) is 22.6. The lowest BCUT2D eigenvalue weighted by atomic mass is 10.1. The van der Waals surface area contributed by atoms with E-state index in [1.807, 2.05) is 11.8 Å². The highest BCUT2D eigenvalue weighted by Crippen LogP contribution is 2.10. The molecule has 0 spiro atoms. The molecule has 2 nitrogen and oxygen atoms in total. The van der Waals surface area contributed by atoms with Gasteiger partial charge in [-0.25, -0.2) is 0 Å². The number of esters is 1. The Morgan fingerprint density at radius 2 is 1.64 bits per heavy atom. The Labute approximate surface area is 141 Å². The Morgan fingerprint density at radius 1 is 1.00 bits per heavy atom. The SMILES string of the molecule is C#CCCCCCCCC=CCCCCSCCC(=O)OC. The number of carbonyl (C=O) groups excluding carboxylic acids is 1. The molecule has 0 saturated carbocycles. The second-order valence-electron chi connectivity index (χ2n) is 5.42. The van der Waals surface area contributed by atoms with Crippen molar-refractivity contribution in [3.63, 3.8) is 0 Å². The summed E-state index contributed by atoms with van der Waals surface area (Å²) in [5, 5.41) is 0. The van der Waals surface area contributed by atoms with E-state index in [9.17, 15) is 4.79 Å². The maximum Gasteiger partial charge on any atom is 0.306 e. The van der Waals surface area contributed by atoms with Gasteiger partial charge in [0.1, 0.15) is 0 Å². The Bertz CT molecular complexity index is 318. The molecule has 0 bridgehead atoms. The predicted octanol–water partition coefficient (Wildman–Crippen LogP) is 5.37. The maximum absolute atomic E-state index is 10.9. The van der Waals surface area contributed by atoms with Gasteiger partial charge in [-0.1, -0.05) is 31.4 Å². The summed E-state index contributed by atoms with van der Waals surface area (Å²) < 4.78 is 4.61. The predicted molar refractivity (Wildman–Crippen MR) is 98.1 cm³/mol. The molecule has 0 radical (unpaired) electrons. The van der Waals surface area contributed by atoms with Crippen LogP contribution < -0.4 is 0 Å². The highest BCUT2D eigenvalue weighted by molar-refractivity contribution is 7.99. The Hall–Kier alpha value is -0.880. The van der Waals surface area contributed by atoms with Crippen molar-refractivity contribution in [3.8, 4) is 12.3 Å². The normalized spacial score (nSPS) is 10.7. The molecule has 3 heteroatoms. The van der Waals surface area contributed by atoms with Gasteiger partial charge >= 0.3 is 5.97 Å². The summed E-state index contributed by atoms with van der Waals surface area (Å²) in [5.41, 5.74) is 0. The zero-order valence-electron chi connectivity index (χ0n) is 14.1. The Morgan fingerprint density at radius 3 is 2.32 bits per heavy atom. The summed E-state index contributed by atoms with van der Waals surface area (Å²) >= 11 is 1.84. The fraction of sp³-hybridized carbons (Fsp3) is 0.737. The molecule has 0 saturated heterocycles. The van der Waals surface area contributed by atoms with Crippen molar-refractivity contribution in [3.05, 3.63) is 12.2 Å². The van der Waals surface area contributed by atoms with Gasteiger partial charge < -0.3 is 4.74 Å². The number of hydrogen-bond donors (Lipinski definition) is 0. The van der Waals surface area contributed by atoms with Gasteiger partial charge in [-0.2, -0.15) is 11.8 Å². The first-order chi connectivity index (χ1) is 10.8. The van der Waals surface area contributed by atoms with Crippen LogP contribution in [0.25, 0.3) is 0 Å². The van der Waals surface area contributed by atoms with Gasteiger partial charge in [0.15, 0.2) is 0 Å².